The maximum Gasteiger partial charge on any atom is 0.308 e. The van der Waals surface area contributed by atoms with Crippen molar-refractivity contribution >= 4 is 5.97 Å². The molecular formula is C6H14N2O2. The summed E-state index contributed by atoms with van der Waals surface area (Å²) < 4.78 is 0. The molecule has 0 radical (unpaired) electrons. The van der Waals surface area contributed by atoms with Crippen LogP contribution in [-0.2, 0) is 4.79 Å². The first kappa shape index (κ1) is 9.39. The summed E-state index contributed by atoms with van der Waals surface area (Å²) >= 11 is 0. The van der Waals surface area contributed by atoms with Crippen LogP contribution in [0, 0.1) is 5.92 Å². The van der Waals surface area contributed by atoms with Crippen LogP contribution in [0.25, 0.3) is 0 Å². The standard InChI is InChI=1S/C6H11NO2.H3N/c1-7-5-3-2-4(5)6(8)9;/h4-5,7H,2-3H2,1H3,(H,8,9);1H3. The van der Waals surface area contributed by atoms with Gasteiger partial charge in [-0.1, -0.05) is 0 Å². The second kappa shape index (κ2) is 3.53. The highest BCUT2D eigenvalue weighted by atomic mass is 16.4. The van der Waals surface area contributed by atoms with E-state index in [-0.39, 0.29) is 18.1 Å². The fourth-order valence-corrected chi connectivity index (χ4v) is 1.14. The number of nitrogens with one attached hydrogen (secondary N) is 1. The molecule has 0 aliphatic heterocycles. The molecule has 4 nitrogen and oxygen atoms in total. The van der Waals surface area contributed by atoms with E-state index in [1.165, 1.54) is 0 Å². The van der Waals surface area contributed by atoms with Gasteiger partial charge in [-0.05, 0) is 19.9 Å². The third-order valence-corrected chi connectivity index (χ3v) is 1.96. The summed E-state index contributed by atoms with van der Waals surface area (Å²) in [7, 11) is 1.81. The van der Waals surface area contributed by atoms with E-state index < -0.39 is 5.97 Å². The van der Waals surface area contributed by atoms with Crippen molar-refractivity contribution in [2.24, 2.45) is 5.92 Å². The first-order chi connectivity index (χ1) is 4.25. The lowest BCUT2D eigenvalue weighted by atomic mass is 9.80. The van der Waals surface area contributed by atoms with Crippen molar-refractivity contribution in [2.45, 2.75) is 18.9 Å². The molecule has 1 fully saturated rings. The SMILES string of the molecule is CNC1CCC1C(=O)O.N. The lowest BCUT2D eigenvalue weighted by Gasteiger charge is -2.32. The fourth-order valence-electron chi connectivity index (χ4n) is 1.14. The first-order valence-corrected chi connectivity index (χ1v) is 3.15. The maximum atomic E-state index is 10.3. The summed E-state index contributed by atoms with van der Waals surface area (Å²) in [6.45, 7) is 0. The fraction of sp³-hybridized carbons (Fsp3) is 0.833. The number of aliphatic carboxylic acids is 1. The van der Waals surface area contributed by atoms with Crippen LogP contribution >= 0.6 is 0 Å². The second-order valence-corrected chi connectivity index (χ2v) is 2.42. The summed E-state index contributed by atoms with van der Waals surface area (Å²) in [6, 6.07) is 0.225. The predicted molar refractivity (Wildman–Crippen MR) is 38.2 cm³/mol. The molecule has 0 aromatic rings. The van der Waals surface area contributed by atoms with E-state index in [0.29, 0.717) is 0 Å². The van der Waals surface area contributed by atoms with Crippen LogP contribution in [0.1, 0.15) is 12.8 Å². The van der Waals surface area contributed by atoms with Gasteiger partial charge in [0.25, 0.3) is 0 Å². The smallest absolute Gasteiger partial charge is 0.308 e. The lowest BCUT2D eigenvalue weighted by Crippen LogP contribution is -2.45. The van der Waals surface area contributed by atoms with E-state index in [1.807, 2.05) is 0 Å². The van der Waals surface area contributed by atoms with Crippen LogP contribution < -0.4 is 11.5 Å². The topological polar surface area (TPSA) is 84.3 Å². The highest BCUT2D eigenvalue weighted by Gasteiger charge is 2.34. The quantitative estimate of drug-likeness (QED) is 0.520. The number of carbonyl (C=O) groups is 1. The Kier molecular flexibility index (Phi) is 3.32. The zero-order valence-electron chi connectivity index (χ0n) is 6.13. The van der Waals surface area contributed by atoms with Gasteiger partial charge in [0.1, 0.15) is 0 Å². The Hall–Kier alpha value is -0.610. The minimum absolute atomic E-state index is 0. The summed E-state index contributed by atoms with van der Waals surface area (Å²) in [4.78, 5) is 10.3. The molecule has 4 heteroatoms. The van der Waals surface area contributed by atoms with E-state index in [9.17, 15) is 4.79 Å². The van der Waals surface area contributed by atoms with Crippen LogP contribution in [0.5, 0.6) is 0 Å². The molecule has 1 aliphatic carbocycles. The minimum Gasteiger partial charge on any atom is -0.481 e. The van der Waals surface area contributed by atoms with Gasteiger partial charge in [-0.3, -0.25) is 4.79 Å². The average molecular weight is 146 g/mol. The summed E-state index contributed by atoms with van der Waals surface area (Å²) in [5, 5.41) is 11.4. The van der Waals surface area contributed by atoms with Crippen molar-refractivity contribution < 1.29 is 9.90 Å². The Morgan fingerprint density at radius 2 is 2.20 bits per heavy atom. The number of hydrogen-bond donors (Lipinski definition) is 3. The zero-order valence-corrected chi connectivity index (χ0v) is 6.13. The number of rotatable bonds is 2. The molecule has 0 aromatic heterocycles. The molecule has 1 saturated carbocycles. The number of carboxylic acids is 1. The largest absolute Gasteiger partial charge is 0.481 e. The Morgan fingerprint density at radius 1 is 1.60 bits per heavy atom. The molecule has 0 spiro atoms. The van der Waals surface area contributed by atoms with Crippen molar-refractivity contribution in [3.63, 3.8) is 0 Å². The first-order valence-electron chi connectivity index (χ1n) is 3.15. The average Bonchev–Trinajstić information content (AvgIpc) is 1.61. The molecule has 0 bridgehead atoms. The number of hydrogen-bond acceptors (Lipinski definition) is 3. The van der Waals surface area contributed by atoms with E-state index in [2.05, 4.69) is 5.32 Å². The van der Waals surface area contributed by atoms with Crippen molar-refractivity contribution in [1.29, 1.82) is 0 Å². The van der Waals surface area contributed by atoms with E-state index in [4.69, 9.17) is 5.11 Å². The van der Waals surface area contributed by atoms with Gasteiger partial charge < -0.3 is 16.6 Å². The second-order valence-electron chi connectivity index (χ2n) is 2.42. The molecule has 2 unspecified atom stereocenters. The molecule has 10 heavy (non-hydrogen) atoms. The monoisotopic (exact) mass is 146 g/mol. The summed E-state index contributed by atoms with van der Waals surface area (Å²) in [5.74, 6) is -0.796. The van der Waals surface area contributed by atoms with Crippen molar-refractivity contribution in [2.75, 3.05) is 7.05 Å². The third kappa shape index (κ3) is 1.46. The zero-order chi connectivity index (χ0) is 6.85. The molecule has 1 rings (SSSR count). The molecule has 1 aliphatic rings. The third-order valence-electron chi connectivity index (χ3n) is 1.96. The highest BCUT2D eigenvalue weighted by molar-refractivity contribution is 5.72. The Bertz CT molecular complexity index is 125. The minimum atomic E-state index is -0.666. The van der Waals surface area contributed by atoms with Gasteiger partial charge in [0.2, 0.25) is 0 Å². The van der Waals surface area contributed by atoms with Crippen LogP contribution in [-0.4, -0.2) is 24.2 Å². The molecule has 60 valence electrons. The summed E-state index contributed by atoms with van der Waals surface area (Å²) in [6.07, 6.45) is 1.84. The van der Waals surface area contributed by atoms with Crippen molar-refractivity contribution in [1.82, 2.24) is 11.5 Å². The van der Waals surface area contributed by atoms with E-state index >= 15 is 0 Å². The van der Waals surface area contributed by atoms with Crippen molar-refractivity contribution in [3.05, 3.63) is 0 Å². The van der Waals surface area contributed by atoms with Crippen LogP contribution in [0.2, 0.25) is 0 Å². The Balaban J connectivity index is 0.000000810. The van der Waals surface area contributed by atoms with Gasteiger partial charge in [-0.2, -0.15) is 0 Å². The molecule has 2 atom stereocenters. The molecule has 5 N–H and O–H groups in total. The molecule has 0 amide bonds. The Labute approximate surface area is 60.2 Å². The van der Waals surface area contributed by atoms with Crippen LogP contribution in [0.3, 0.4) is 0 Å². The number of carboxylic acid groups (broad SMARTS) is 1. The van der Waals surface area contributed by atoms with Crippen LogP contribution in [0.4, 0.5) is 0 Å². The predicted octanol–water partition coefficient (Wildman–Crippen LogP) is 0.231. The van der Waals surface area contributed by atoms with Gasteiger partial charge in [0, 0.05) is 6.04 Å². The molecule has 0 saturated heterocycles. The van der Waals surface area contributed by atoms with Gasteiger partial charge in [0.15, 0.2) is 0 Å². The van der Waals surface area contributed by atoms with Gasteiger partial charge in [-0.15, -0.1) is 0 Å². The molecular weight excluding hydrogens is 132 g/mol. The molecule has 0 aromatic carbocycles. The normalized spacial score (nSPS) is 30.1. The van der Waals surface area contributed by atoms with Gasteiger partial charge in [-0.25, -0.2) is 0 Å². The van der Waals surface area contributed by atoms with Gasteiger partial charge in [0.05, 0.1) is 5.92 Å². The lowest BCUT2D eigenvalue weighted by molar-refractivity contribution is -0.145. The van der Waals surface area contributed by atoms with E-state index in [0.717, 1.165) is 12.8 Å². The Morgan fingerprint density at radius 3 is 2.30 bits per heavy atom. The van der Waals surface area contributed by atoms with Crippen LogP contribution in [0.15, 0.2) is 0 Å². The molecule has 0 heterocycles. The van der Waals surface area contributed by atoms with Gasteiger partial charge >= 0.3 is 5.97 Å². The highest BCUT2D eigenvalue weighted by Crippen LogP contribution is 2.26. The van der Waals surface area contributed by atoms with Crippen molar-refractivity contribution in [3.8, 4) is 0 Å². The summed E-state index contributed by atoms with van der Waals surface area (Å²) in [5.41, 5.74) is 0. The maximum absolute atomic E-state index is 10.3. The van der Waals surface area contributed by atoms with E-state index in [1.54, 1.807) is 7.05 Å².